The second-order valence-electron chi connectivity index (χ2n) is 10.0. The number of amides is 2. The first-order valence-corrected chi connectivity index (χ1v) is 12.5. The molecule has 1 aliphatic carbocycles. The summed E-state index contributed by atoms with van der Waals surface area (Å²) in [4.78, 5) is 34.9. The monoisotopic (exact) mass is 502 g/mol. The zero-order valence-corrected chi connectivity index (χ0v) is 20.3. The molecule has 0 radical (unpaired) electrons. The van der Waals surface area contributed by atoms with Gasteiger partial charge in [-0.15, -0.1) is 0 Å². The second kappa shape index (κ2) is 7.89. The molecule has 10 heteroatoms. The Hall–Kier alpha value is -3.72. The van der Waals surface area contributed by atoms with Crippen molar-refractivity contribution in [2.24, 2.45) is 23.7 Å². The first kappa shape index (κ1) is 21.6. The normalized spacial score (nSPS) is 24.6. The number of aromatic amines is 1. The van der Waals surface area contributed by atoms with Gasteiger partial charge in [-0.05, 0) is 73.1 Å². The molecular weight excluding hydrogens is 480 g/mol. The molecule has 36 heavy (non-hydrogen) atoms. The van der Waals surface area contributed by atoms with Crippen LogP contribution in [0.1, 0.15) is 26.6 Å². The summed E-state index contributed by atoms with van der Waals surface area (Å²) >= 11 is 5.98. The van der Waals surface area contributed by atoms with E-state index in [0.717, 1.165) is 24.2 Å². The van der Waals surface area contributed by atoms with Crippen molar-refractivity contribution in [1.29, 1.82) is 0 Å². The zero-order chi connectivity index (χ0) is 24.6. The van der Waals surface area contributed by atoms with Gasteiger partial charge in [-0.2, -0.15) is 15.4 Å². The molecule has 2 aromatic carbocycles. The highest BCUT2D eigenvalue weighted by atomic mass is 35.5. The predicted molar refractivity (Wildman–Crippen MR) is 131 cm³/mol. The molecular formula is C26H23ClN6O3. The molecule has 2 aromatic heterocycles. The molecule has 0 bridgehead atoms. The Morgan fingerprint density at radius 3 is 2.17 bits per heavy atom. The number of hydrogen-bond donors (Lipinski definition) is 1. The van der Waals surface area contributed by atoms with E-state index >= 15 is 0 Å². The van der Waals surface area contributed by atoms with Crippen LogP contribution in [-0.4, -0.2) is 68.2 Å². The highest BCUT2D eigenvalue weighted by Crippen LogP contribution is 2.54. The van der Waals surface area contributed by atoms with Crippen LogP contribution in [-0.2, 0) is 0 Å². The van der Waals surface area contributed by atoms with E-state index in [-0.39, 0.29) is 11.8 Å². The molecule has 9 nitrogen and oxygen atoms in total. The van der Waals surface area contributed by atoms with Crippen molar-refractivity contribution in [3.63, 3.8) is 0 Å². The van der Waals surface area contributed by atoms with Gasteiger partial charge in [-0.25, -0.2) is 4.98 Å². The van der Waals surface area contributed by atoms with Crippen molar-refractivity contribution in [3.05, 3.63) is 64.5 Å². The summed E-state index contributed by atoms with van der Waals surface area (Å²) in [7, 11) is 0. The van der Waals surface area contributed by atoms with Gasteiger partial charge < -0.3 is 14.2 Å². The quantitative estimate of drug-likeness (QED) is 0.458. The molecule has 4 atom stereocenters. The number of benzene rings is 2. The van der Waals surface area contributed by atoms with Gasteiger partial charge in [0.1, 0.15) is 16.8 Å². The van der Waals surface area contributed by atoms with E-state index in [1.54, 1.807) is 25.1 Å². The number of nitrogens with zero attached hydrogens (tertiary/aromatic N) is 5. The van der Waals surface area contributed by atoms with Gasteiger partial charge in [-0.3, -0.25) is 9.59 Å². The number of rotatable bonds is 3. The van der Waals surface area contributed by atoms with Crippen LogP contribution in [0, 0.1) is 30.6 Å². The summed E-state index contributed by atoms with van der Waals surface area (Å²) in [5.41, 5.74) is 3.22. The van der Waals surface area contributed by atoms with Crippen LogP contribution >= 0.6 is 11.6 Å². The maximum atomic E-state index is 13.4. The van der Waals surface area contributed by atoms with Crippen LogP contribution in [0.4, 0.5) is 0 Å². The van der Waals surface area contributed by atoms with Gasteiger partial charge in [0.2, 0.25) is 5.89 Å². The lowest BCUT2D eigenvalue weighted by molar-refractivity contribution is 0.0629. The number of halogens is 1. The number of aromatic nitrogens is 4. The third kappa shape index (κ3) is 3.26. The maximum absolute atomic E-state index is 13.4. The number of likely N-dealkylation sites (tertiary alicyclic amines) is 2. The first-order chi connectivity index (χ1) is 17.5. The van der Waals surface area contributed by atoms with Crippen LogP contribution in [0.5, 0.6) is 0 Å². The number of carbonyl (C=O) groups is 2. The lowest BCUT2D eigenvalue weighted by Gasteiger charge is -2.42. The average molecular weight is 503 g/mol. The number of aryl methyl sites for hydroxylation is 1. The minimum Gasteiger partial charge on any atom is -0.441 e. The van der Waals surface area contributed by atoms with Crippen LogP contribution in [0.15, 0.2) is 46.9 Å². The van der Waals surface area contributed by atoms with E-state index in [2.05, 4.69) is 20.4 Å². The average Bonchev–Trinajstić information content (AvgIpc) is 3.65. The summed E-state index contributed by atoms with van der Waals surface area (Å²) in [6, 6.07) is 12.6. The molecule has 3 aliphatic rings. The van der Waals surface area contributed by atoms with Gasteiger partial charge in [0.15, 0.2) is 5.69 Å². The molecule has 1 saturated carbocycles. The molecule has 2 saturated heterocycles. The number of H-pyrrole nitrogens is 1. The third-order valence-electron chi connectivity index (χ3n) is 8.15. The van der Waals surface area contributed by atoms with Crippen molar-refractivity contribution >= 4 is 34.4 Å². The minimum absolute atomic E-state index is 0.0354. The second-order valence-corrected chi connectivity index (χ2v) is 10.5. The fourth-order valence-electron chi connectivity index (χ4n) is 6.32. The van der Waals surface area contributed by atoms with Gasteiger partial charge in [0, 0.05) is 42.3 Å². The van der Waals surface area contributed by atoms with Crippen molar-refractivity contribution < 1.29 is 14.0 Å². The molecule has 2 unspecified atom stereocenters. The van der Waals surface area contributed by atoms with Crippen LogP contribution in [0.3, 0.4) is 0 Å². The minimum atomic E-state index is -0.0854. The molecule has 7 rings (SSSR count). The van der Waals surface area contributed by atoms with Gasteiger partial charge in [0.25, 0.3) is 11.8 Å². The van der Waals surface area contributed by atoms with Crippen molar-refractivity contribution in [3.8, 4) is 11.5 Å². The lowest BCUT2D eigenvalue weighted by Crippen LogP contribution is -2.44. The summed E-state index contributed by atoms with van der Waals surface area (Å²) in [5.74, 6) is 2.57. The number of nitrogens with one attached hydrogen (secondary N) is 1. The first-order valence-electron chi connectivity index (χ1n) is 12.1. The van der Waals surface area contributed by atoms with E-state index < -0.39 is 0 Å². The highest BCUT2D eigenvalue weighted by Gasteiger charge is 2.59. The van der Waals surface area contributed by atoms with Crippen LogP contribution < -0.4 is 0 Å². The van der Waals surface area contributed by atoms with Crippen molar-refractivity contribution in [2.45, 2.75) is 6.92 Å². The van der Waals surface area contributed by atoms with E-state index in [0.29, 0.717) is 70.2 Å². The van der Waals surface area contributed by atoms with Crippen LogP contribution in [0.25, 0.3) is 22.5 Å². The number of fused-ring (bicyclic) bond motifs is 5. The topological polar surface area (TPSA) is 108 Å². The highest BCUT2D eigenvalue weighted by molar-refractivity contribution is 6.30. The Balaban J connectivity index is 1.03. The van der Waals surface area contributed by atoms with E-state index in [1.807, 2.05) is 34.1 Å². The summed E-state index contributed by atoms with van der Waals surface area (Å²) in [6.07, 6.45) is 0. The Bertz CT molecular complexity index is 1490. The molecule has 2 amide bonds. The molecule has 3 fully saturated rings. The third-order valence-corrected chi connectivity index (χ3v) is 8.40. The van der Waals surface area contributed by atoms with Gasteiger partial charge >= 0.3 is 0 Å². The predicted octanol–water partition coefficient (Wildman–Crippen LogP) is 3.66. The van der Waals surface area contributed by atoms with E-state index in [9.17, 15) is 9.59 Å². The standard InChI is InChI=1S/C26H23ClN6O3/c1-13-23(28-24(36-13)14-2-5-16(27)6-3-14)26(35)33-11-19-17-9-32(10-18(17)20(19)12-33)25(34)15-4-7-21-22(8-15)30-31-29-21/h2-8,17-20H,9-12H2,1H3,(H,29,30,31)/t17-,18+,19?,20?. The number of oxazole rings is 1. The number of carbonyl (C=O) groups excluding carboxylic acids is 2. The Labute approximate surface area is 211 Å². The zero-order valence-electron chi connectivity index (χ0n) is 19.5. The maximum Gasteiger partial charge on any atom is 0.276 e. The largest absolute Gasteiger partial charge is 0.441 e. The summed E-state index contributed by atoms with van der Waals surface area (Å²) in [5, 5.41) is 11.4. The smallest absolute Gasteiger partial charge is 0.276 e. The molecule has 4 aromatic rings. The SMILES string of the molecule is Cc1oc(-c2ccc(Cl)cc2)nc1C(=O)N1CC2C(C1)[C@@H]1CN(C(=O)c3ccc4n[nH]nc4c3)C[C@H]21. The molecule has 4 heterocycles. The molecule has 0 spiro atoms. The summed E-state index contributed by atoms with van der Waals surface area (Å²) in [6.45, 7) is 4.62. The fourth-order valence-corrected chi connectivity index (χ4v) is 6.45. The fraction of sp³-hybridized carbons (Fsp3) is 0.346. The van der Waals surface area contributed by atoms with Gasteiger partial charge in [0.05, 0.1) is 0 Å². The summed E-state index contributed by atoms with van der Waals surface area (Å²) < 4.78 is 5.81. The Morgan fingerprint density at radius 1 is 0.889 bits per heavy atom. The van der Waals surface area contributed by atoms with E-state index in [4.69, 9.17) is 16.0 Å². The van der Waals surface area contributed by atoms with E-state index in [1.165, 1.54) is 0 Å². The molecule has 2 aliphatic heterocycles. The number of hydrogen-bond acceptors (Lipinski definition) is 6. The Morgan fingerprint density at radius 2 is 1.50 bits per heavy atom. The molecule has 182 valence electrons. The lowest BCUT2D eigenvalue weighted by atomic mass is 9.60. The van der Waals surface area contributed by atoms with Crippen molar-refractivity contribution in [1.82, 2.24) is 30.2 Å². The molecule has 1 N–H and O–H groups in total. The van der Waals surface area contributed by atoms with Gasteiger partial charge in [-0.1, -0.05) is 11.6 Å². The van der Waals surface area contributed by atoms with Crippen molar-refractivity contribution in [2.75, 3.05) is 26.2 Å². The van der Waals surface area contributed by atoms with Crippen LogP contribution in [0.2, 0.25) is 5.02 Å². The Kier molecular flexibility index (Phi) is 4.73.